The number of aryl methyl sites for hydroxylation is 2. The number of fused-ring (bicyclic) bond motifs is 1. The fraction of sp³-hybridized carbons (Fsp3) is 0.231. The van der Waals surface area contributed by atoms with Crippen molar-refractivity contribution in [2.24, 2.45) is 0 Å². The van der Waals surface area contributed by atoms with E-state index in [0.717, 1.165) is 0 Å². The molecule has 2 aromatic rings. The van der Waals surface area contributed by atoms with Crippen LogP contribution in [0.15, 0.2) is 18.2 Å². The summed E-state index contributed by atoms with van der Waals surface area (Å²) in [6.45, 7) is 1.74. The summed E-state index contributed by atoms with van der Waals surface area (Å²) in [5.41, 5.74) is 1.47. The molecule has 0 saturated carbocycles. The maximum absolute atomic E-state index is 13.9. The molecule has 1 heterocycles. The molecule has 0 unspecified atom stereocenters. The van der Waals surface area contributed by atoms with Crippen molar-refractivity contribution >= 4 is 28.5 Å². The summed E-state index contributed by atoms with van der Waals surface area (Å²) in [5.74, 6) is -1.39. The van der Waals surface area contributed by atoms with Gasteiger partial charge in [-0.25, -0.2) is 9.37 Å². The third kappa shape index (κ3) is 2.59. The molecule has 0 aliphatic carbocycles. The zero-order valence-electron chi connectivity index (χ0n) is 9.70. The molecule has 0 saturated heterocycles. The molecule has 0 aliphatic heterocycles. The molecule has 1 N–H and O–H groups in total. The first-order valence-corrected chi connectivity index (χ1v) is 5.82. The lowest BCUT2D eigenvalue weighted by molar-refractivity contribution is -0.136. The number of pyridine rings is 1. The monoisotopic (exact) mass is 267 g/mol. The normalized spacial score (nSPS) is 10.8. The Kier molecular flexibility index (Phi) is 3.48. The van der Waals surface area contributed by atoms with Crippen LogP contribution in [0.2, 0.25) is 5.02 Å². The predicted molar refractivity (Wildman–Crippen MR) is 67.4 cm³/mol. The number of halogens is 2. The van der Waals surface area contributed by atoms with Gasteiger partial charge in [-0.15, -0.1) is 0 Å². The van der Waals surface area contributed by atoms with Gasteiger partial charge in [0.05, 0.1) is 5.02 Å². The molecule has 0 aliphatic rings. The number of rotatable bonds is 3. The first kappa shape index (κ1) is 12.8. The van der Waals surface area contributed by atoms with Gasteiger partial charge in [0, 0.05) is 17.5 Å². The number of carboxylic acid groups (broad SMARTS) is 1. The second-order valence-electron chi connectivity index (χ2n) is 4.11. The van der Waals surface area contributed by atoms with Gasteiger partial charge in [0.25, 0.3) is 0 Å². The van der Waals surface area contributed by atoms with E-state index in [1.165, 1.54) is 6.07 Å². The maximum Gasteiger partial charge on any atom is 0.303 e. The molecule has 0 amide bonds. The molecule has 0 radical (unpaired) electrons. The minimum absolute atomic E-state index is 0.0398. The highest BCUT2D eigenvalue weighted by Crippen LogP contribution is 2.26. The fourth-order valence-corrected chi connectivity index (χ4v) is 2.12. The lowest BCUT2D eigenvalue weighted by Gasteiger charge is -2.06. The van der Waals surface area contributed by atoms with Crippen molar-refractivity contribution in [3.63, 3.8) is 0 Å². The topological polar surface area (TPSA) is 50.2 Å². The van der Waals surface area contributed by atoms with E-state index in [4.69, 9.17) is 16.7 Å². The van der Waals surface area contributed by atoms with E-state index >= 15 is 0 Å². The van der Waals surface area contributed by atoms with Crippen LogP contribution >= 0.6 is 11.6 Å². The van der Waals surface area contributed by atoms with Gasteiger partial charge in [-0.2, -0.15) is 0 Å². The molecule has 2 rings (SSSR count). The Morgan fingerprint density at radius 1 is 1.44 bits per heavy atom. The van der Waals surface area contributed by atoms with Crippen molar-refractivity contribution in [2.75, 3.05) is 0 Å². The zero-order valence-corrected chi connectivity index (χ0v) is 10.5. The second-order valence-corrected chi connectivity index (χ2v) is 4.52. The minimum atomic E-state index is -0.913. The fourth-order valence-electron chi connectivity index (χ4n) is 1.82. The summed E-state index contributed by atoms with van der Waals surface area (Å²) in [4.78, 5) is 14.6. The highest BCUT2D eigenvalue weighted by molar-refractivity contribution is 6.35. The molecule has 3 nitrogen and oxygen atoms in total. The molecular weight excluding hydrogens is 257 g/mol. The van der Waals surface area contributed by atoms with E-state index in [2.05, 4.69) is 4.98 Å². The van der Waals surface area contributed by atoms with Crippen LogP contribution in [0.5, 0.6) is 0 Å². The number of aliphatic carboxylic acids is 1. The van der Waals surface area contributed by atoms with Gasteiger partial charge in [0.2, 0.25) is 0 Å². The molecule has 0 bridgehead atoms. The number of carbonyl (C=O) groups is 1. The van der Waals surface area contributed by atoms with E-state index in [9.17, 15) is 9.18 Å². The van der Waals surface area contributed by atoms with Gasteiger partial charge in [-0.1, -0.05) is 11.6 Å². The lowest BCUT2D eigenvalue weighted by atomic mass is 10.1. The molecule has 5 heteroatoms. The van der Waals surface area contributed by atoms with Crippen LogP contribution in [0.3, 0.4) is 0 Å². The van der Waals surface area contributed by atoms with Crippen LogP contribution in [0.4, 0.5) is 4.39 Å². The van der Waals surface area contributed by atoms with Crippen molar-refractivity contribution in [1.82, 2.24) is 4.98 Å². The summed E-state index contributed by atoms with van der Waals surface area (Å²) >= 11 is 6.05. The van der Waals surface area contributed by atoms with Crippen LogP contribution in [0.1, 0.15) is 17.7 Å². The van der Waals surface area contributed by atoms with Gasteiger partial charge in [-0.05, 0) is 37.1 Å². The van der Waals surface area contributed by atoms with Crippen molar-refractivity contribution in [2.45, 2.75) is 19.8 Å². The van der Waals surface area contributed by atoms with Gasteiger partial charge < -0.3 is 5.11 Å². The van der Waals surface area contributed by atoms with Gasteiger partial charge in [0.15, 0.2) is 0 Å². The molecule has 18 heavy (non-hydrogen) atoms. The first-order chi connectivity index (χ1) is 8.47. The van der Waals surface area contributed by atoms with E-state index in [1.54, 1.807) is 19.1 Å². The number of hydrogen-bond donors (Lipinski definition) is 1. The van der Waals surface area contributed by atoms with Crippen LogP contribution in [0, 0.1) is 12.7 Å². The Balaban J connectivity index is 2.51. The number of benzene rings is 1. The molecular formula is C13H11ClFNO2. The van der Waals surface area contributed by atoms with Gasteiger partial charge >= 0.3 is 5.97 Å². The summed E-state index contributed by atoms with van der Waals surface area (Å²) in [5, 5.41) is 9.56. The summed E-state index contributed by atoms with van der Waals surface area (Å²) in [6, 6.07) is 4.66. The predicted octanol–water partition coefficient (Wildman–Crippen LogP) is 3.35. The highest BCUT2D eigenvalue weighted by atomic mass is 35.5. The van der Waals surface area contributed by atoms with Gasteiger partial charge in [0.1, 0.15) is 11.3 Å². The van der Waals surface area contributed by atoms with Crippen molar-refractivity contribution in [1.29, 1.82) is 0 Å². The number of aromatic nitrogens is 1. The molecule has 0 spiro atoms. The molecule has 1 aromatic carbocycles. The van der Waals surface area contributed by atoms with Crippen molar-refractivity contribution in [3.8, 4) is 0 Å². The van der Waals surface area contributed by atoms with E-state index in [0.29, 0.717) is 21.7 Å². The summed E-state index contributed by atoms with van der Waals surface area (Å²) < 4.78 is 13.9. The third-order valence-corrected chi connectivity index (χ3v) is 2.94. The average Bonchev–Trinajstić information content (AvgIpc) is 2.28. The smallest absolute Gasteiger partial charge is 0.303 e. The summed E-state index contributed by atoms with van der Waals surface area (Å²) in [6.07, 6.45) is 0.230. The second kappa shape index (κ2) is 4.90. The Bertz CT molecular complexity index is 628. The van der Waals surface area contributed by atoms with Crippen LogP contribution < -0.4 is 0 Å². The quantitative estimate of drug-likeness (QED) is 0.928. The van der Waals surface area contributed by atoms with Crippen molar-refractivity contribution < 1.29 is 14.3 Å². The SMILES string of the molecule is Cc1cc(Cl)c2cc(CCC(=O)O)cc(F)c2n1. The van der Waals surface area contributed by atoms with E-state index < -0.39 is 11.8 Å². The number of nitrogens with zero attached hydrogens (tertiary/aromatic N) is 1. The highest BCUT2D eigenvalue weighted by Gasteiger charge is 2.10. The molecule has 1 aromatic heterocycles. The van der Waals surface area contributed by atoms with Crippen molar-refractivity contribution in [3.05, 3.63) is 40.3 Å². The van der Waals surface area contributed by atoms with Crippen LogP contribution in [0.25, 0.3) is 10.9 Å². The Morgan fingerprint density at radius 2 is 2.17 bits per heavy atom. The van der Waals surface area contributed by atoms with E-state index in [1.807, 2.05) is 0 Å². The van der Waals surface area contributed by atoms with Crippen LogP contribution in [-0.4, -0.2) is 16.1 Å². The average molecular weight is 268 g/mol. The summed E-state index contributed by atoms with van der Waals surface area (Å²) in [7, 11) is 0. The third-order valence-electron chi connectivity index (χ3n) is 2.63. The standard InChI is InChI=1S/C13H11ClFNO2/c1-7-4-10(14)9-5-8(2-3-12(17)18)6-11(15)13(9)16-7/h4-6H,2-3H2,1H3,(H,17,18). The first-order valence-electron chi connectivity index (χ1n) is 5.44. The molecule has 94 valence electrons. The van der Waals surface area contributed by atoms with Crippen LogP contribution in [-0.2, 0) is 11.2 Å². The number of hydrogen-bond acceptors (Lipinski definition) is 2. The Labute approximate surface area is 108 Å². The lowest BCUT2D eigenvalue weighted by Crippen LogP contribution is -1.99. The maximum atomic E-state index is 13.9. The minimum Gasteiger partial charge on any atom is -0.481 e. The van der Waals surface area contributed by atoms with Gasteiger partial charge in [-0.3, -0.25) is 4.79 Å². The molecule has 0 atom stereocenters. The molecule has 0 fully saturated rings. The Morgan fingerprint density at radius 3 is 2.83 bits per heavy atom. The largest absolute Gasteiger partial charge is 0.481 e. The number of carboxylic acids is 1. The van der Waals surface area contributed by atoms with E-state index in [-0.39, 0.29) is 18.4 Å². The zero-order chi connectivity index (χ0) is 13.3. The Hall–Kier alpha value is -1.68.